The van der Waals surface area contributed by atoms with Crippen LogP contribution in [0.15, 0.2) is 0 Å². The molecule has 0 aliphatic heterocycles. The van der Waals surface area contributed by atoms with E-state index in [2.05, 4.69) is 34.7 Å². The molecule has 0 heterocycles. The van der Waals surface area contributed by atoms with Gasteiger partial charge in [0.1, 0.15) is 6.11 Å². The normalized spacial score (nSPS) is 8.59. The molecule has 0 unspecified atom stereocenters. The molecule has 1 amide bonds. The number of carbonyl (C=O) groups is 1. The molecule has 22 heavy (non-hydrogen) atoms. The summed E-state index contributed by atoms with van der Waals surface area (Å²) in [5, 5.41) is 10.7. The maximum absolute atomic E-state index is 10.5. The number of aliphatic hydroxyl groups excluding tert-OH is 1. The molecule has 0 spiro atoms. The van der Waals surface area contributed by atoms with Crippen LogP contribution in [0.2, 0.25) is 0 Å². The zero-order chi connectivity index (χ0) is 17.1. The van der Waals surface area contributed by atoms with E-state index in [1.807, 2.05) is 13.8 Å². The van der Waals surface area contributed by atoms with Gasteiger partial charge in [0.15, 0.2) is 0 Å². The van der Waals surface area contributed by atoms with Crippen molar-refractivity contribution in [1.82, 2.24) is 5.32 Å². The highest BCUT2D eigenvalue weighted by Crippen LogP contribution is 2.05. The fourth-order valence-corrected chi connectivity index (χ4v) is 1.54. The average molecular weight is 309 g/mol. The molecular weight excluding hydrogens is 278 g/mol. The van der Waals surface area contributed by atoms with E-state index in [1.165, 1.54) is 32.1 Å². The Labute approximate surface area is 136 Å². The standard InChI is InChI=1S/C12H18O.C6H13NO2/c1-2-3-4-5-6-7-8-9-10-11-12-13;1-4-9-6(8)7-5(2)3/h13H,2-8H2,1H3;5H,4H2,1-3H3,(H,7,8). The summed E-state index contributed by atoms with van der Waals surface area (Å²) in [5.41, 5.74) is 0. The summed E-state index contributed by atoms with van der Waals surface area (Å²) in [6.07, 6.45) is 10.1. The molecule has 4 heteroatoms. The number of hydrogen-bond acceptors (Lipinski definition) is 3. The molecule has 0 aromatic carbocycles. The minimum atomic E-state index is -0.340. The monoisotopic (exact) mass is 309 g/mol. The van der Waals surface area contributed by atoms with Gasteiger partial charge in [0.25, 0.3) is 0 Å². The number of amides is 1. The lowest BCUT2D eigenvalue weighted by Gasteiger charge is -2.06. The van der Waals surface area contributed by atoms with Gasteiger partial charge in [-0.1, -0.05) is 44.9 Å². The molecule has 0 aromatic rings. The quantitative estimate of drug-likeness (QED) is 0.521. The molecule has 0 radical (unpaired) electrons. The lowest BCUT2D eigenvalue weighted by atomic mass is 10.1. The van der Waals surface area contributed by atoms with Crippen molar-refractivity contribution in [3.05, 3.63) is 0 Å². The van der Waals surface area contributed by atoms with Gasteiger partial charge in [-0.3, -0.25) is 0 Å². The number of hydrogen-bond donors (Lipinski definition) is 2. The summed E-state index contributed by atoms with van der Waals surface area (Å²) in [4.78, 5) is 10.5. The van der Waals surface area contributed by atoms with Gasteiger partial charge in [-0.15, -0.1) is 0 Å². The highest BCUT2D eigenvalue weighted by atomic mass is 16.5. The molecule has 126 valence electrons. The second-order valence-corrected chi connectivity index (χ2v) is 5.08. The van der Waals surface area contributed by atoms with Crippen LogP contribution in [0.4, 0.5) is 4.79 Å². The lowest BCUT2D eigenvalue weighted by molar-refractivity contribution is 0.149. The van der Waals surface area contributed by atoms with Crippen LogP contribution in [0.1, 0.15) is 72.6 Å². The number of unbranched alkanes of at least 4 members (excludes halogenated alkanes) is 6. The predicted molar refractivity (Wildman–Crippen MR) is 90.8 cm³/mol. The van der Waals surface area contributed by atoms with E-state index in [-0.39, 0.29) is 12.1 Å². The lowest BCUT2D eigenvalue weighted by Crippen LogP contribution is -2.30. The fraction of sp³-hybridized carbons (Fsp3) is 0.722. The van der Waals surface area contributed by atoms with Crippen LogP contribution < -0.4 is 5.32 Å². The molecule has 0 rings (SSSR count). The molecular formula is C18H31NO3. The van der Waals surface area contributed by atoms with E-state index in [0.717, 1.165) is 12.8 Å². The van der Waals surface area contributed by atoms with Gasteiger partial charge in [-0.25, -0.2) is 4.79 Å². The first-order chi connectivity index (χ1) is 10.6. The number of carbonyl (C=O) groups excluding carboxylic acids is 1. The first kappa shape index (κ1) is 22.5. The largest absolute Gasteiger partial charge is 0.461 e. The Hall–Kier alpha value is -1.81. The Morgan fingerprint density at radius 2 is 1.73 bits per heavy atom. The second kappa shape index (κ2) is 19.2. The Kier molecular flexibility index (Phi) is 19.6. The molecule has 0 aromatic heterocycles. The van der Waals surface area contributed by atoms with Crippen LogP contribution in [0.5, 0.6) is 0 Å². The van der Waals surface area contributed by atoms with Gasteiger partial charge < -0.3 is 15.2 Å². The summed E-state index contributed by atoms with van der Waals surface area (Å²) in [5.74, 6) is 7.77. The number of ether oxygens (including phenoxy) is 1. The third kappa shape index (κ3) is 23.3. The van der Waals surface area contributed by atoms with Crippen LogP contribution in [-0.4, -0.2) is 23.8 Å². The molecule has 4 nitrogen and oxygen atoms in total. The van der Waals surface area contributed by atoms with Crippen molar-refractivity contribution in [2.24, 2.45) is 0 Å². The average Bonchev–Trinajstić information content (AvgIpc) is 2.46. The molecule has 2 N–H and O–H groups in total. The van der Waals surface area contributed by atoms with Crippen LogP contribution in [0.3, 0.4) is 0 Å². The van der Waals surface area contributed by atoms with Crippen LogP contribution in [0.25, 0.3) is 0 Å². The molecule has 0 saturated carbocycles. The number of aliphatic hydroxyl groups is 1. The zero-order valence-corrected chi connectivity index (χ0v) is 14.5. The van der Waals surface area contributed by atoms with Crippen molar-refractivity contribution in [2.75, 3.05) is 6.61 Å². The Balaban J connectivity index is 0. The topological polar surface area (TPSA) is 58.6 Å². The van der Waals surface area contributed by atoms with Crippen LogP contribution in [0, 0.1) is 23.9 Å². The van der Waals surface area contributed by atoms with Gasteiger partial charge >= 0.3 is 6.09 Å². The van der Waals surface area contributed by atoms with E-state index in [0.29, 0.717) is 6.61 Å². The predicted octanol–water partition coefficient (Wildman–Crippen LogP) is 4.21. The third-order valence-corrected chi connectivity index (χ3v) is 2.54. The molecule has 0 saturated heterocycles. The van der Waals surface area contributed by atoms with Crippen molar-refractivity contribution in [1.29, 1.82) is 0 Å². The third-order valence-electron chi connectivity index (χ3n) is 2.54. The highest BCUT2D eigenvalue weighted by molar-refractivity contribution is 5.67. The van der Waals surface area contributed by atoms with Gasteiger partial charge in [-0.2, -0.15) is 0 Å². The molecule has 0 fully saturated rings. The number of nitrogens with one attached hydrogen (secondary N) is 1. The Bertz CT molecular complexity index is 369. The van der Waals surface area contributed by atoms with Crippen molar-refractivity contribution in [2.45, 2.75) is 78.7 Å². The Morgan fingerprint density at radius 3 is 2.27 bits per heavy atom. The van der Waals surface area contributed by atoms with Gasteiger partial charge in [0, 0.05) is 18.4 Å². The van der Waals surface area contributed by atoms with E-state index >= 15 is 0 Å². The summed E-state index contributed by atoms with van der Waals surface area (Å²) >= 11 is 0. The molecule has 0 aliphatic carbocycles. The zero-order valence-electron chi connectivity index (χ0n) is 14.5. The molecule has 0 bridgehead atoms. The van der Waals surface area contributed by atoms with Gasteiger partial charge in [0.05, 0.1) is 6.61 Å². The van der Waals surface area contributed by atoms with Gasteiger partial charge in [-0.05, 0) is 33.1 Å². The van der Waals surface area contributed by atoms with Crippen molar-refractivity contribution >= 4 is 6.09 Å². The number of rotatable bonds is 8. The van der Waals surface area contributed by atoms with Crippen LogP contribution >= 0.6 is 0 Å². The summed E-state index contributed by atoms with van der Waals surface area (Å²) in [7, 11) is 0. The second-order valence-electron chi connectivity index (χ2n) is 5.08. The maximum Gasteiger partial charge on any atom is 0.407 e. The van der Waals surface area contributed by atoms with E-state index in [4.69, 9.17) is 5.11 Å². The molecule has 0 atom stereocenters. The van der Waals surface area contributed by atoms with E-state index in [9.17, 15) is 4.79 Å². The smallest absolute Gasteiger partial charge is 0.407 e. The summed E-state index contributed by atoms with van der Waals surface area (Å²) in [6, 6.07) is 0.157. The van der Waals surface area contributed by atoms with Crippen LogP contribution in [-0.2, 0) is 4.74 Å². The summed E-state index contributed by atoms with van der Waals surface area (Å²) < 4.78 is 4.60. The number of alkyl carbamates (subject to hydrolysis) is 1. The Morgan fingerprint density at radius 1 is 1.09 bits per heavy atom. The first-order valence-corrected chi connectivity index (χ1v) is 8.13. The van der Waals surface area contributed by atoms with Crippen molar-refractivity contribution in [3.8, 4) is 23.9 Å². The fourth-order valence-electron chi connectivity index (χ4n) is 1.54. The molecule has 0 aliphatic rings. The van der Waals surface area contributed by atoms with Gasteiger partial charge in [0.2, 0.25) is 0 Å². The van der Waals surface area contributed by atoms with Crippen molar-refractivity contribution < 1.29 is 14.6 Å². The minimum absolute atomic E-state index is 0.157. The van der Waals surface area contributed by atoms with E-state index < -0.39 is 0 Å². The minimum Gasteiger partial charge on any atom is -0.461 e. The van der Waals surface area contributed by atoms with E-state index in [1.54, 1.807) is 13.0 Å². The SMILES string of the molecule is CCCCCCCCC#CC#CO.CCOC(=O)NC(C)C. The summed E-state index contributed by atoms with van der Waals surface area (Å²) in [6.45, 7) is 8.20. The maximum atomic E-state index is 10.5. The van der Waals surface area contributed by atoms with Crippen molar-refractivity contribution in [3.63, 3.8) is 0 Å². The highest BCUT2D eigenvalue weighted by Gasteiger charge is 1.99. The first-order valence-electron chi connectivity index (χ1n) is 8.13.